The van der Waals surface area contributed by atoms with Gasteiger partial charge in [0, 0.05) is 5.92 Å². The molecule has 0 spiro atoms. The molecule has 0 fully saturated rings. The van der Waals surface area contributed by atoms with Crippen LogP contribution in [0.15, 0.2) is 24.3 Å². The summed E-state index contributed by atoms with van der Waals surface area (Å²) in [6.45, 7) is 2.09. The maximum Gasteiger partial charge on any atom is 0.407 e. The highest BCUT2D eigenvalue weighted by molar-refractivity contribution is 5.68. The Bertz CT molecular complexity index is 375. The topological polar surface area (TPSA) is 47.6 Å². The van der Waals surface area contributed by atoms with E-state index < -0.39 is 24.3 Å². The fraction of sp³-hybridized carbons (Fsp3) is 0.643. The average molecular weight is 289 g/mol. The van der Waals surface area contributed by atoms with E-state index in [-0.39, 0.29) is 12.5 Å². The second kappa shape index (κ2) is 7.38. The number of alkyl halides is 2. The van der Waals surface area contributed by atoms with Gasteiger partial charge in [-0.15, -0.1) is 0 Å². The molecule has 1 N–H and O–H groups in total. The molecule has 0 aromatic heterocycles. The third-order valence-corrected chi connectivity index (χ3v) is 2.63. The minimum Gasteiger partial charge on any atom is -0.444 e. The molecule has 2 atom stereocenters. The first-order valence-corrected chi connectivity index (χ1v) is 6.50. The summed E-state index contributed by atoms with van der Waals surface area (Å²) in [6.07, 6.45) is 7.48. The van der Waals surface area contributed by atoms with Crippen LogP contribution in [0.3, 0.4) is 0 Å². The zero-order valence-corrected chi connectivity index (χ0v) is 11.9. The van der Waals surface area contributed by atoms with E-state index in [4.69, 9.17) is 4.74 Å². The molecule has 0 aromatic carbocycles. The highest BCUT2D eigenvalue weighted by Crippen LogP contribution is 2.18. The highest BCUT2D eigenvalue weighted by atomic mass is 19.3. The number of ether oxygens (including phenoxy) is 2. The van der Waals surface area contributed by atoms with Crippen LogP contribution in [0, 0.1) is 5.92 Å². The molecular formula is C14H21F2NO3. The lowest BCUT2D eigenvalue weighted by molar-refractivity contribution is -0.135. The quantitative estimate of drug-likeness (QED) is 0.845. The molecule has 1 amide bonds. The zero-order valence-electron chi connectivity index (χ0n) is 11.9. The predicted molar refractivity (Wildman–Crippen MR) is 71.5 cm³/mol. The minimum absolute atomic E-state index is 0.0914. The summed E-state index contributed by atoms with van der Waals surface area (Å²) < 4.78 is 33.8. The Balaban J connectivity index is 2.60. The summed E-state index contributed by atoms with van der Waals surface area (Å²) in [4.78, 5) is 11.7. The van der Waals surface area contributed by atoms with Crippen molar-refractivity contribution in [2.75, 3.05) is 6.61 Å². The Kier molecular flexibility index (Phi) is 6.13. The van der Waals surface area contributed by atoms with E-state index in [1.54, 1.807) is 20.8 Å². The van der Waals surface area contributed by atoms with E-state index in [1.165, 1.54) is 0 Å². The molecule has 0 radical (unpaired) electrons. The smallest absolute Gasteiger partial charge is 0.407 e. The van der Waals surface area contributed by atoms with Gasteiger partial charge in [0.25, 0.3) is 0 Å². The first-order valence-electron chi connectivity index (χ1n) is 6.50. The summed E-state index contributed by atoms with van der Waals surface area (Å²) in [5.41, 5.74) is -0.638. The van der Waals surface area contributed by atoms with Crippen molar-refractivity contribution in [1.82, 2.24) is 5.32 Å². The lowest BCUT2D eigenvalue weighted by atomic mass is 9.93. The highest BCUT2D eigenvalue weighted by Gasteiger charge is 2.25. The van der Waals surface area contributed by atoms with Gasteiger partial charge in [0.05, 0.1) is 12.6 Å². The summed E-state index contributed by atoms with van der Waals surface area (Å²) in [6, 6.07) is -0.556. The number of carbonyl (C=O) groups excluding carboxylic acids is 1. The van der Waals surface area contributed by atoms with Crippen molar-refractivity contribution in [1.29, 1.82) is 0 Å². The van der Waals surface area contributed by atoms with Crippen LogP contribution >= 0.6 is 0 Å². The fourth-order valence-corrected chi connectivity index (χ4v) is 1.81. The molecule has 0 saturated heterocycles. The Morgan fingerprint density at radius 3 is 2.60 bits per heavy atom. The van der Waals surface area contributed by atoms with Crippen LogP contribution in [-0.4, -0.2) is 31.0 Å². The Morgan fingerprint density at radius 1 is 1.40 bits per heavy atom. The number of rotatable bonds is 5. The van der Waals surface area contributed by atoms with Crippen molar-refractivity contribution in [3.63, 3.8) is 0 Å². The molecule has 4 nitrogen and oxygen atoms in total. The summed E-state index contributed by atoms with van der Waals surface area (Å²) in [5, 5.41) is 2.59. The zero-order chi connectivity index (χ0) is 15.2. The molecular weight excluding hydrogens is 268 g/mol. The lowest BCUT2D eigenvalue weighted by Gasteiger charge is -2.28. The van der Waals surface area contributed by atoms with Gasteiger partial charge in [-0.2, -0.15) is 8.78 Å². The largest absolute Gasteiger partial charge is 0.444 e. The van der Waals surface area contributed by atoms with Crippen LogP contribution in [0.1, 0.15) is 27.2 Å². The number of halogens is 2. The van der Waals surface area contributed by atoms with E-state index in [1.807, 2.05) is 24.3 Å². The summed E-state index contributed by atoms with van der Waals surface area (Å²) in [7, 11) is 0. The summed E-state index contributed by atoms with van der Waals surface area (Å²) >= 11 is 0. The van der Waals surface area contributed by atoms with Gasteiger partial charge >= 0.3 is 12.7 Å². The molecule has 0 aromatic rings. The van der Waals surface area contributed by atoms with Crippen molar-refractivity contribution >= 4 is 6.09 Å². The number of amides is 1. The van der Waals surface area contributed by atoms with E-state index in [0.717, 1.165) is 0 Å². The number of alkyl carbamates (subject to hydrolysis) is 1. The standard InChI is InChI=1S/C14H21F2NO3/c1-14(2,3)20-13(18)17-11(9-19-12(15)16)10-7-5-4-6-8-10/h4-7,10-12H,8-9H2,1-3H3,(H,17,18)/t10?,11-/m1/s1. The lowest BCUT2D eigenvalue weighted by Crippen LogP contribution is -2.45. The van der Waals surface area contributed by atoms with Crippen LogP contribution in [0.25, 0.3) is 0 Å². The van der Waals surface area contributed by atoms with Crippen molar-refractivity contribution in [3.8, 4) is 0 Å². The van der Waals surface area contributed by atoms with E-state index in [0.29, 0.717) is 6.42 Å². The van der Waals surface area contributed by atoms with E-state index >= 15 is 0 Å². The van der Waals surface area contributed by atoms with Crippen molar-refractivity contribution in [2.45, 2.75) is 45.4 Å². The van der Waals surface area contributed by atoms with Gasteiger partial charge in [0.1, 0.15) is 5.60 Å². The Morgan fingerprint density at radius 2 is 2.10 bits per heavy atom. The maximum absolute atomic E-state index is 12.2. The molecule has 6 heteroatoms. The Labute approximate surface area is 117 Å². The first kappa shape index (κ1) is 16.6. The van der Waals surface area contributed by atoms with Gasteiger partial charge in [-0.25, -0.2) is 4.79 Å². The molecule has 20 heavy (non-hydrogen) atoms. The molecule has 0 heterocycles. The van der Waals surface area contributed by atoms with Crippen LogP contribution in [0.5, 0.6) is 0 Å². The molecule has 1 unspecified atom stereocenters. The number of nitrogens with one attached hydrogen (secondary N) is 1. The molecule has 1 aliphatic rings. The van der Waals surface area contributed by atoms with Crippen LogP contribution in [0.2, 0.25) is 0 Å². The molecule has 1 rings (SSSR count). The third-order valence-electron chi connectivity index (χ3n) is 2.63. The Hall–Kier alpha value is -1.43. The number of hydrogen-bond donors (Lipinski definition) is 1. The van der Waals surface area contributed by atoms with Crippen molar-refractivity contribution in [3.05, 3.63) is 24.3 Å². The van der Waals surface area contributed by atoms with Crippen LogP contribution in [0.4, 0.5) is 13.6 Å². The second-order valence-corrected chi connectivity index (χ2v) is 5.56. The van der Waals surface area contributed by atoms with Gasteiger partial charge < -0.3 is 14.8 Å². The molecule has 0 aliphatic heterocycles. The first-order chi connectivity index (χ1) is 9.28. The fourth-order valence-electron chi connectivity index (χ4n) is 1.81. The summed E-state index contributed by atoms with van der Waals surface area (Å²) in [5.74, 6) is -0.0914. The predicted octanol–water partition coefficient (Wildman–Crippen LogP) is 3.25. The van der Waals surface area contributed by atoms with Crippen molar-refractivity contribution < 1.29 is 23.0 Å². The monoisotopic (exact) mass is 289 g/mol. The average Bonchev–Trinajstić information content (AvgIpc) is 2.33. The van der Waals surface area contributed by atoms with Gasteiger partial charge in [0.15, 0.2) is 0 Å². The number of carbonyl (C=O) groups is 1. The van der Waals surface area contributed by atoms with Gasteiger partial charge in [-0.05, 0) is 27.2 Å². The van der Waals surface area contributed by atoms with Gasteiger partial charge in [-0.3, -0.25) is 0 Å². The van der Waals surface area contributed by atoms with E-state index in [2.05, 4.69) is 10.1 Å². The molecule has 0 saturated carbocycles. The number of allylic oxidation sites excluding steroid dienone is 3. The van der Waals surface area contributed by atoms with Crippen molar-refractivity contribution in [2.24, 2.45) is 5.92 Å². The van der Waals surface area contributed by atoms with E-state index in [9.17, 15) is 13.6 Å². The molecule has 0 bridgehead atoms. The molecule has 1 aliphatic carbocycles. The van der Waals surface area contributed by atoms with Gasteiger partial charge in [-0.1, -0.05) is 24.3 Å². The second-order valence-electron chi connectivity index (χ2n) is 5.56. The normalized spacial score (nSPS) is 20.0. The minimum atomic E-state index is -2.86. The SMILES string of the molecule is CC(C)(C)OC(=O)N[C@H](COC(F)F)C1C=CC=CC1. The van der Waals surface area contributed by atoms with Crippen LogP contribution in [-0.2, 0) is 9.47 Å². The van der Waals surface area contributed by atoms with Gasteiger partial charge in [0.2, 0.25) is 0 Å². The number of hydrogen-bond acceptors (Lipinski definition) is 3. The third kappa shape index (κ3) is 6.65. The maximum atomic E-state index is 12.2. The van der Waals surface area contributed by atoms with Crippen LogP contribution < -0.4 is 5.32 Å². The molecule has 114 valence electrons.